The van der Waals surface area contributed by atoms with E-state index >= 15 is 0 Å². The molecule has 0 radical (unpaired) electrons. The largest absolute Gasteiger partial charge is 0.474 e. The lowest BCUT2D eigenvalue weighted by molar-refractivity contribution is -0.263. The average molecular weight is 540 g/mol. The third kappa shape index (κ3) is 7.40. The van der Waals surface area contributed by atoms with Crippen molar-refractivity contribution >= 4 is 25.3 Å². The number of pyridine rings is 1. The predicted molar refractivity (Wildman–Crippen MR) is 149 cm³/mol. The second-order valence-electron chi connectivity index (χ2n) is 8.33. The molecule has 0 saturated carbocycles. The van der Waals surface area contributed by atoms with Crippen molar-refractivity contribution in [2.45, 2.75) is 32.1 Å². The van der Waals surface area contributed by atoms with E-state index in [1.807, 2.05) is 54.6 Å². The third-order valence-corrected chi connectivity index (χ3v) is 5.72. The minimum absolute atomic E-state index is 0. The number of aliphatic hydroxyl groups is 2. The van der Waals surface area contributed by atoms with Gasteiger partial charge in [0, 0.05) is 0 Å². The van der Waals surface area contributed by atoms with E-state index in [-0.39, 0.29) is 46.2 Å². The number of hydrogen-bond acceptors (Lipinski definition) is 9. The number of rotatable bonds is 4. The summed E-state index contributed by atoms with van der Waals surface area (Å²) in [7, 11) is 0. The molecule has 1 fully saturated rings. The maximum absolute atomic E-state index is 8.57. The Morgan fingerprint density at radius 3 is 1.39 bits per heavy atom. The summed E-state index contributed by atoms with van der Waals surface area (Å²) in [6.45, 7) is 1.17. The molecule has 4 heterocycles. The van der Waals surface area contributed by atoms with Gasteiger partial charge in [0.05, 0.1) is 0 Å². The summed E-state index contributed by atoms with van der Waals surface area (Å²) in [5.41, 5.74) is 3.68. The van der Waals surface area contributed by atoms with Crippen molar-refractivity contribution in [3.8, 4) is 0 Å². The first-order valence-electron chi connectivity index (χ1n) is 11.7. The van der Waals surface area contributed by atoms with E-state index in [0.717, 1.165) is 11.1 Å². The first-order chi connectivity index (χ1) is 17.7. The van der Waals surface area contributed by atoms with Crippen LogP contribution in [-0.4, -0.2) is 66.0 Å². The zero-order valence-electron chi connectivity index (χ0n) is 20.0. The second kappa shape index (κ2) is 14.0. The standard InChI is InChI=1S/C23H19N3O2.C4H8O4.CH4.H2S/c1-3-8-16(9-4-1)20-14-27-22(25-20)18-12-7-13-19(24-18)23-26-21(15-28-23)17-10-5-2-6-11-17;5-3-1-7-4(6)2-8-3;;/h1-13,20-21H,14-15H2;3-6H,1-2H2;1H4;1H2/t20-,21-;;;/m1.../s1. The molecule has 9 nitrogen and oxygen atoms in total. The number of aliphatic imine (C=N–C) groups is 2. The smallest absolute Gasteiger partial charge is 0.236 e. The van der Waals surface area contributed by atoms with Crippen molar-refractivity contribution in [3.05, 3.63) is 101 Å². The lowest BCUT2D eigenvalue weighted by Gasteiger charge is -2.22. The van der Waals surface area contributed by atoms with Crippen LogP contribution in [0, 0.1) is 0 Å². The van der Waals surface area contributed by atoms with Crippen molar-refractivity contribution in [2.75, 3.05) is 26.4 Å². The van der Waals surface area contributed by atoms with Gasteiger partial charge in [0.15, 0.2) is 12.6 Å². The second-order valence-corrected chi connectivity index (χ2v) is 8.33. The van der Waals surface area contributed by atoms with Crippen LogP contribution in [0.1, 0.15) is 42.0 Å². The van der Waals surface area contributed by atoms with Crippen LogP contribution in [-0.2, 0) is 18.9 Å². The van der Waals surface area contributed by atoms with E-state index in [1.54, 1.807) is 0 Å². The van der Waals surface area contributed by atoms with Crippen molar-refractivity contribution in [1.82, 2.24) is 4.98 Å². The van der Waals surface area contributed by atoms with Gasteiger partial charge in [-0.1, -0.05) is 74.2 Å². The summed E-state index contributed by atoms with van der Waals surface area (Å²) >= 11 is 0. The molecular formula is C28H33N3O6S. The van der Waals surface area contributed by atoms with E-state index in [9.17, 15) is 0 Å². The Hall–Kier alpha value is -3.28. The first-order valence-corrected chi connectivity index (χ1v) is 11.7. The average Bonchev–Trinajstić information content (AvgIpc) is 3.63. The molecule has 1 aromatic heterocycles. The number of nitrogens with zero attached hydrogens (tertiary/aromatic N) is 3. The summed E-state index contributed by atoms with van der Waals surface area (Å²) < 4.78 is 20.8. The van der Waals surface area contributed by atoms with Gasteiger partial charge in [0.25, 0.3) is 0 Å². The Bertz CT molecular complexity index is 1110. The van der Waals surface area contributed by atoms with Crippen LogP contribution in [0.4, 0.5) is 0 Å². The highest BCUT2D eigenvalue weighted by Gasteiger charge is 2.25. The maximum atomic E-state index is 8.57. The van der Waals surface area contributed by atoms with E-state index < -0.39 is 12.6 Å². The molecule has 3 aromatic rings. The molecule has 10 heteroatoms. The van der Waals surface area contributed by atoms with Crippen LogP contribution in [0.25, 0.3) is 0 Å². The molecule has 3 aliphatic rings. The Balaban J connectivity index is 0.000000347. The fraction of sp³-hybridized carbons (Fsp3) is 0.321. The molecule has 1 saturated heterocycles. The van der Waals surface area contributed by atoms with Crippen molar-refractivity contribution in [3.63, 3.8) is 0 Å². The predicted octanol–water partition coefficient (Wildman–Crippen LogP) is 3.54. The highest BCUT2D eigenvalue weighted by Crippen LogP contribution is 2.26. The lowest BCUT2D eigenvalue weighted by atomic mass is 10.1. The van der Waals surface area contributed by atoms with Gasteiger partial charge in [-0.2, -0.15) is 13.5 Å². The van der Waals surface area contributed by atoms with Crippen LogP contribution < -0.4 is 0 Å². The topological polar surface area (TPSA) is 115 Å². The Morgan fingerprint density at radius 1 is 0.579 bits per heavy atom. The number of hydrogen-bond donors (Lipinski definition) is 2. The monoisotopic (exact) mass is 539 g/mol. The van der Waals surface area contributed by atoms with Crippen LogP contribution in [0.3, 0.4) is 0 Å². The number of aliphatic hydroxyl groups excluding tert-OH is 2. The third-order valence-electron chi connectivity index (χ3n) is 5.72. The highest BCUT2D eigenvalue weighted by atomic mass is 32.1. The van der Waals surface area contributed by atoms with Crippen LogP contribution in [0.2, 0.25) is 0 Å². The zero-order chi connectivity index (χ0) is 24.7. The number of benzene rings is 2. The summed E-state index contributed by atoms with van der Waals surface area (Å²) in [5.74, 6) is 1.13. The first kappa shape index (κ1) is 29.3. The molecule has 38 heavy (non-hydrogen) atoms. The molecule has 0 bridgehead atoms. The molecule has 0 aliphatic carbocycles. The Morgan fingerprint density at radius 2 is 1.00 bits per heavy atom. The van der Waals surface area contributed by atoms with Gasteiger partial charge in [0.2, 0.25) is 11.8 Å². The van der Waals surface area contributed by atoms with Crippen LogP contribution >= 0.6 is 13.5 Å². The van der Waals surface area contributed by atoms with Crippen molar-refractivity contribution in [1.29, 1.82) is 0 Å². The van der Waals surface area contributed by atoms with Gasteiger partial charge in [0.1, 0.15) is 49.9 Å². The Labute approximate surface area is 229 Å². The quantitative estimate of drug-likeness (QED) is 0.521. The summed E-state index contributed by atoms with van der Waals surface area (Å²) in [6.07, 6.45) is -1.73. The summed E-state index contributed by atoms with van der Waals surface area (Å²) in [4.78, 5) is 14.1. The summed E-state index contributed by atoms with van der Waals surface area (Å²) in [5, 5.41) is 17.1. The Kier molecular flexibility index (Phi) is 10.8. The van der Waals surface area contributed by atoms with E-state index in [1.165, 1.54) is 0 Å². The summed E-state index contributed by atoms with van der Waals surface area (Å²) in [6, 6.07) is 26.1. The highest BCUT2D eigenvalue weighted by molar-refractivity contribution is 7.59. The molecule has 2 N–H and O–H groups in total. The molecule has 2 unspecified atom stereocenters. The van der Waals surface area contributed by atoms with Crippen molar-refractivity contribution in [2.24, 2.45) is 9.98 Å². The molecule has 3 aliphatic heterocycles. The molecule has 0 spiro atoms. The molecular weight excluding hydrogens is 506 g/mol. The molecule has 2 aromatic carbocycles. The minimum atomic E-state index is -0.863. The maximum Gasteiger partial charge on any atom is 0.236 e. The number of aromatic nitrogens is 1. The molecule has 6 rings (SSSR count). The number of ether oxygens (including phenoxy) is 4. The van der Waals surface area contributed by atoms with Crippen LogP contribution in [0.15, 0.2) is 88.8 Å². The SMILES string of the molecule is C.OC1COC(O)CO1.S.c1ccc([C@H]2COC(c3cccc(C4=N[C@@H](c5ccccc5)CO4)n3)=N2)cc1. The van der Waals surface area contributed by atoms with Gasteiger partial charge in [-0.15, -0.1) is 0 Å². The van der Waals surface area contributed by atoms with Gasteiger partial charge >= 0.3 is 0 Å². The van der Waals surface area contributed by atoms with Gasteiger partial charge in [-0.05, 0) is 23.3 Å². The molecule has 0 amide bonds. The lowest BCUT2D eigenvalue weighted by Crippen LogP contribution is -2.34. The fourth-order valence-electron chi connectivity index (χ4n) is 3.88. The van der Waals surface area contributed by atoms with Gasteiger partial charge in [-0.25, -0.2) is 15.0 Å². The minimum Gasteiger partial charge on any atom is -0.474 e. The van der Waals surface area contributed by atoms with E-state index in [0.29, 0.717) is 36.4 Å². The fourth-order valence-corrected chi connectivity index (χ4v) is 3.88. The normalized spacial score (nSPS) is 23.7. The van der Waals surface area contributed by atoms with E-state index in [4.69, 9.17) is 29.7 Å². The van der Waals surface area contributed by atoms with Crippen molar-refractivity contribution < 1.29 is 29.2 Å². The molecule has 4 atom stereocenters. The van der Waals surface area contributed by atoms with Gasteiger partial charge < -0.3 is 29.2 Å². The zero-order valence-corrected chi connectivity index (χ0v) is 21.0. The van der Waals surface area contributed by atoms with Gasteiger partial charge in [-0.3, -0.25) is 0 Å². The van der Waals surface area contributed by atoms with Crippen LogP contribution in [0.5, 0.6) is 0 Å². The van der Waals surface area contributed by atoms with E-state index in [2.05, 4.69) is 38.7 Å². The molecule has 202 valence electrons.